The predicted molar refractivity (Wildman–Crippen MR) is 59.1 cm³/mol. The molecule has 2 unspecified atom stereocenters. The first-order valence-electron chi connectivity index (χ1n) is 5.47. The molecule has 0 aromatic carbocycles. The van der Waals surface area contributed by atoms with Crippen LogP contribution in [0.15, 0.2) is 12.7 Å². The molecule has 0 spiro atoms. The molecule has 4 atom stereocenters. The van der Waals surface area contributed by atoms with E-state index in [9.17, 15) is 8.78 Å². The number of fused-ring (bicyclic) bond motifs is 1. The molecule has 3 rings (SSSR count). The van der Waals surface area contributed by atoms with E-state index in [1.807, 2.05) is 0 Å². The molecule has 6 nitrogen and oxygen atoms in total. The predicted octanol–water partition coefficient (Wildman–Crippen LogP) is 0.248. The molecule has 0 bridgehead atoms. The van der Waals surface area contributed by atoms with Crippen molar-refractivity contribution in [1.82, 2.24) is 19.5 Å². The summed E-state index contributed by atoms with van der Waals surface area (Å²) in [6.07, 6.45) is -0.400. The van der Waals surface area contributed by atoms with E-state index in [0.29, 0.717) is 11.2 Å². The third-order valence-electron chi connectivity index (χ3n) is 3.39. The number of hydrogen-bond donors (Lipinski definition) is 2. The van der Waals surface area contributed by atoms with Crippen molar-refractivity contribution in [1.29, 1.82) is 0 Å². The third kappa shape index (κ3) is 1.32. The Hall–Kier alpha value is -1.83. The molecule has 0 saturated heterocycles. The van der Waals surface area contributed by atoms with Crippen LogP contribution in [-0.2, 0) is 0 Å². The standard InChI is InChI=1S/C10H11F2N5O/c11-5-4(1-18)6(12)8(5)17-3-16-7-9(13)14-2-15-10(7)17/h2-6,8,18H,1H2,(H2,13,14,15)/t4?,5-,6+,8?. The number of hydrogen-bond acceptors (Lipinski definition) is 5. The molecule has 1 aliphatic carbocycles. The first-order valence-corrected chi connectivity index (χ1v) is 5.47. The molecule has 18 heavy (non-hydrogen) atoms. The topological polar surface area (TPSA) is 89.9 Å². The number of aromatic nitrogens is 4. The number of aliphatic hydroxyl groups is 1. The van der Waals surface area contributed by atoms with Crippen LogP contribution in [0, 0.1) is 5.92 Å². The van der Waals surface area contributed by atoms with Crippen molar-refractivity contribution in [2.24, 2.45) is 5.92 Å². The quantitative estimate of drug-likeness (QED) is 0.802. The number of aliphatic hydroxyl groups excluding tert-OH is 1. The SMILES string of the molecule is Nc1ncnc2c1ncn2C1[C@H](F)C(CO)[C@@H]1F. The molecule has 0 amide bonds. The van der Waals surface area contributed by atoms with Gasteiger partial charge in [-0.05, 0) is 0 Å². The minimum atomic E-state index is -1.46. The largest absolute Gasteiger partial charge is 0.396 e. The Morgan fingerprint density at radius 1 is 1.28 bits per heavy atom. The van der Waals surface area contributed by atoms with Gasteiger partial charge in [0.25, 0.3) is 0 Å². The second-order valence-corrected chi connectivity index (χ2v) is 4.31. The average Bonchev–Trinajstić information content (AvgIpc) is 2.76. The van der Waals surface area contributed by atoms with Gasteiger partial charge in [0.15, 0.2) is 11.5 Å². The van der Waals surface area contributed by atoms with Crippen molar-refractivity contribution < 1.29 is 13.9 Å². The second-order valence-electron chi connectivity index (χ2n) is 4.31. The lowest BCUT2D eigenvalue weighted by molar-refractivity contribution is -0.0787. The first-order chi connectivity index (χ1) is 8.65. The zero-order chi connectivity index (χ0) is 12.9. The van der Waals surface area contributed by atoms with E-state index in [1.165, 1.54) is 17.2 Å². The van der Waals surface area contributed by atoms with E-state index < -0.39 is 30.9 Å². The van der Waals surface area contributed by atoms with Crippen molar-refractivity contribution in [2.45, 2.75) is 18.4 Å². The molecule has 1 fully saturated rings. The van der Waals surface area contributed by atoms with Crippen LogP contribution in [0.25, 0.3) is 11.2 Å². The highest BCUT2D eigenvalue weighted by Crippen LogP contribution is 2.44. The average molecular weight is 255 g/mol. The Labute approximate surface area is 100 Å². The van der Waals surface area contributed by atoms with E-state index >= 15 is 0 Å². The molecule has 0 radical (unpaired) electrons. The maximum absolute atomic E-state index is 13.8. The normalized spacial score (nSPS) is 31.5. The number of alkyl halides is 2. The molecular formula is C10H11F2N5O. The first kappa shape index (κ1) is 11.3. The molecule has 8 heteroatoms. The maximum Gasteiger partial charge on any atom is 0.165 e. The summed E-state index contributed by atoms with van der Waals surface area (Å²) in [6.45, 7) is -0.511. The van der Waals surface area contributed by atoms with Gasteiger partial charge in [-0.1, -0.05) is 0 Å². The van der Waals surface area contributed by atoms with E-state index in [2.05, 4.69) is 15.0 Å². The van der Waals surface area contributed by atoms with Crippen LogP contribution in [0.5, 0.6) is 0 Å². The van der Waals surface area contributed by atoms with Crippen LogP contribution in [-0.4, -0.2) is 43.6 Å². The lowest BCUT2D eigenvalue weighted by atomic mass is 9.76. The summed E-state index contributed by atoms with van der Waals surface area (Å²) in [7, 11) is 0. The van der Waals surface area contributed by atoms with Crippen molar-refractivity contribution in [2.75, 3.05) is 12.3 Å². The Bertz CT molecular complexity index is 579. The van der Waals surface area contributed by atoms with Gasteiger partial charge in [0.2, 0.25) is 0 Å². The van der Waals surface area contributed by atoms with E-state index in [0.717, 1.165) is 0 Å². The number of nitrogens with zero attached hydrogens (tertiary/aromatic N) is 4. The lowest BCUT2D eigenvalue weighted by Crippen LogP contribution is -2.53. The summed E-state index contributed by atoms with van der Waals surface area (Å²) in [6, 6.07) is -1.01. The van der Waals surface area contributed by atoms with Crippen molar-refractivity contribution in [3.8, 4) is 0 Å². The molecule has 2 heterocycles. The van der Waals surface area contributed by atoms with Gasteiger partial charge in [0.1, 0.15) is 24.2 Å². The number of anilines is 1. The van der Waals surface area contributed by atoms with Crippen molar-refractivity contribution >= 4 is 17.0 Å². The fourth-order valence-electron chi connectivity index (χ4n) is 2.31. The summed E-state index contributed by atoms with van der Waals surface area (Å²) < 4.78 is 28.8. The Morgan fingerprint density at radius 3 is 2.67 bits per heavy atom. The van der Waals surface area contributed by atoms with Crippen LogP contribution in [0.4, 0.5) is 14.6 Å². The summed E-state index contributed by atoms with van der Waals surface area (Å²) in [5.74, 6) is -0.811. The fraction of sp³-hybridized carbons (Fsp3) is 0.500. The Kier molecular flexibility index (Phi) is 2.40. The lowest BCUT2D eigenvalue weighted by Gasteiger charge is -2.42. The molecule has 2 aromatic heterocycles. The number of rotatable bonds is 2. The van der Waals surface area contributed by atoms with E-state index in [-0.39, 0.29) is 5.82 Å². The second kappa shape index (κ2) is 3.84. The molecular weight excluding hydrogens is 244 g/mol. The summed E-state index contributed by atoms with van der Waals surface area (Å²) in [5, 5.41) is 8.85. The molecule has 1 aliphatic rings. The number of nitrogens with two attached hydrogens (primary N) is 1. The third-order valence-corrected chi connectivity index (χ3v) is 3.39. The maximum atomic E-state index is 13.8. The molecule has 96 valence electrons. The van der Waals surface area contributed by atoms with Gasteiger partial charge < -0.3 is 15.4 Å². The summed E-state index contributed by atoms with van der Waals surface area (Å²) >= 11 is 0. The smallest absolute Gasteiger partial charge is 0.165 e. The highest BCUT2D eigenvalue weighted by atomic mass is 19.2. The fourth-order valence-corrected chi connectivity index (χ4v) is 2.31. The van der Waals surface area contributed by atoms with Gasteiger partial charge in [0.05, 0.1) is 19.0 Å². The van der Waals surface area contributed by atoms with Crippen LogP contribution in [0.3, 0.4) is 0 Å². The van der Waals surface area contributed by atoms with Gasteiger partial charge in [-0.2, -0.15) is 0 Å². The number of imidazole rings is 1. The highest BCUT2D eigenvalue weighted by Gasteiger charge is 2.53. The molecule has 1 saturated carbocycles. The summed E-state index contributed by atoms with van der Waals surface area (Å²) in [5.41, 5.74) is 6.22. The van der Waals surface area contributed by atoms with E-state index in [1.54, 1.807) is 0 Å². The Balaban J connectivity index is 2.04. The van der Waals surface area contributed by atoms with Gasteiger partial charge >= 0.3 is 0 Å². The van der Waals surface area contributed by atoms with Crippen molar-refractivity contribution in [3.05, 3.63) is 12.7 Å². The Morgan fingerprint density at radius 2 is 2.00 bits per heavy atom. The van der Waals surface area contributed by atoms with Crippen LogP contribution in [0.1, 0.15) is 6.04 Å². The van der Waals surface area contributed by atoms with E-state index in [4.69, 9.17) is 10.8 Å². The summed E-state index contributed by atoms with van der Waals surface area (Å²) in [4.78, 5) is 11.7. The molecule has 3 N–H and O–H groups in total. The molecule has 0 aliphatic heterocycles. The van der Waals surface area contributed by atoms with Gasteiger partial charge in [0, 0.05) is 5.92 Å². The van der Waals surface area contributed by atoms with Gasteiger partial charge in [-0.3, -0.25) is 0 Å². The molecule has 2 aromatic rings. The zero-order valence-corrected chi connectivity index (χ0v) is 9.24. The van der Waals surface area contributed by atoms with Crippen LogP contribution < -0.4 is 5.73 Å². The number of halogens is 2. The van der Waals surface area contributed by atoms with Gasteiger partial charge in [-0.25, -0.2) is 23.7 Å². The minimum Gasteiger partial charge on any atom is -0.396 e. The minimum absolute atomic E-state index is 0.169. The zero-order valence-electron chi connectivity index (χ0n) is 9.24. The monoisotopic (exact) mass is 255 g/mol. The highest BCUT2D eigenvalue weighted by molar-refractivity contribution is 5.81. The van der Waals surface area contributed by atoms with Crippen LogP contribution >= 0.6 is 0 Å². The van der Waals surface area contributed by atoms with Crippen LogP contribution in [0.2, 0.25) is 0 Å². The van der Waals surface area contributed by atoms with Crippen molar-refractivity contribution in [3.63, 3.8) is 0 Å². The number of nitrogen functional groups attached to an aromatic ring is 1. The van der Waals surface area contributed by atoms with Gasteiger partial charge in [-0.15, -0.1) is 0 Å².